The first-order valence-electron chi connectivity index (χ1n) is 4.64. The average Bonchev–Trinajstić information content (AvgIpc) is 2.27. The van der Waals surface area contributed by atoms with Gasteiger partial charge in [-0.1, -0.05) is 6.92 Å². The van der Waals surface area contributed by atoms with Gasteiger partial charge in [0.05, 0.1) is 11.0 Å². The number of hydrogen-bond donors (Lipinski definition) is 0. The lowest BCUT2D eigenvalue weighted by Crippen LogP contribution is -2.00. The van der Waals surface area contributed by atoms with Gasteiger partial charge in [0.15, 0.2) is 14.2 Å². The predicted molar refractivity (Wildman–Crippen MR) is 55.3 cm³/mol. The van der Waals surface area contributed by atoms with Crippen LogP contribution >= 0.6 is 0 Å². The van der Waals surface area contributed by atoms with Crippen molar-refractivity contribution >= 4 is 11.4 Å². The van der Waals surface area contributed by atoms with Gasteiger partial charge in [0.1, 0.15) is 0 Å². The summed E-state index contributed by atoms with van der Waals surface area (Å²) in [7, 11) is 2.67. The first-order valence-corrected chi connectivity index (χ1v) is 4.64. The van der Waals surface area contributed by atoms with E-state index in [1.807, 2.05) is 6.92 Å². The van der Waals surface area contributed by atoms with Crippen molar-refractivity contribution < 1.29 is 14.5 Å². The molecule has 1 aromatic carbocycles. The van der Waals surface area contributed by atoms with Gasteiger partial charge in [-0.15, -0.1) is 0 Å². The Hall–Kier alpha value is -1.78. The third kappa shape index (κ3) is 2.59. The van der Waals surface area contributed by atoms with Crippen molar-refractivity contribution in [2.45, 2.75) is 13.3 Å². The topological polar surface area (TPSA) is 49.4 Å². The maximum absolute atomic E-state index is 11.2. The molecule has 5 nitrogen and oxygen atoms in total. The molecule has 80 valence electrons. The number of benzene rings is 1. The molecule has 0 bridgehead atoms. The predicted octanol–water partition coefficient (Wildman–Crippen LogP) is 2.26. The standard InChI is InChI=1S/C10H14N2O3/c1-4-8-5-9(11(2)13)7-10(6-8)12(14)15-3/h5-7H,4H2,1-3H3/q+2. The summed E-state index contributed by atoms with van der Waals surface area (Å²) in [5.41, 5.74) is 1.69. The van der Waals surface area contributed by atoms with Crippen LogP contribution in [-0.2, 0) is 11.3 Å². The molecule has 0 aliphatic rings. The van der Waals surface area contributed by atoms with E-state index in [-0.39, 0.29) is 0 Å². The van der Waals surface area contributed by atoms with Crippen molar-refractivity contribution in [3.63, 3.8) is 0 Å². The zero-order valence-corrected chi connectivity index (χ0v) is 9.06. The molecule has 1 rings (SSSR count). The normalized spacial score (nSPS) is 9.80. The van der Waals surface area contributed by atoms with Gasteiger partial charge in [-0.25, -0.2) is 4.84 Å². The van der Waals surface area contributed by atoms with E-state index in [0.717, 1.165) is 12.0 Å². The molecule has 0 saturated heterocycles. The van der Waals surface area contributed by atoms with E-state index in [2.05, 4.69) is 4.84 Å². The van der Waals surface area contributed by atoms with Crippen LogP contribution in [0.25, 0.3) is 0 Å². The van der Waals surface area contributed by atoms with Crippen LogP contribution in [0, 0.1) is 9.81 Å². The Morgan fingerprint density at radius 2 is 1.80 bits per heavy atom. The SMILES string of the molecule is CCc1cc([N+](C)=O)cc([N+](=O)OC)c1. The molecule has 0 aliphatic carbocycles. The summed E-state index contributed by atoms with van der Waals surface area (Å²) in [5.74, 6) is 0. The summed E-state index contributed by atoms with van der Waals surface area (Å²) in [4.78, 5) is 27.3. The Morgan fingerprint density at radius 1 is 1.20 bits per heavy atom. The quantitative estimate of drug-likeness (QED) is 0.565. The van der Waals surface area contributed by atoms with Crippen molar-refractivity contribution in [3.8, 4) is 0 Å². The minimum Gasteiger partial charge on any atom is -0.230 e. The van der Waals surface area contributed by atoms with Crippen LogP contribution < -0.4 is 0 Å². The minimum atomic E-state index is 0.328. The summed E-state index contributed by atoms with van der Waals surface area (Å²) in [6, 6.07) is 4.94. The largest absolute Gasteiger partial charge is 0.323 e. The second-order valence-electron chi connectivity index (χ2n) is 3.15. The average molecular weight is 210 g/mol. The molecule has 0 amide bonds. The van der Waals surface area contributed by atoms with E-state index in [1.165, 1.54) is 20.2 Å². The lowest BCUT2D eigenvalue weighted by atomic mass is 10.1. The third-order valence-corrected chi connectivity index (χ3v) is 2.11. The monoisotopic (exact) mass is 210 g/mol. The highest BCUT2D eigenvalue weighted by Gasteiger charge is 2.20. The Morgan fingerprint density at radius 3 is 2.27 bits per heavy atom. The highest BCUT2D eigenvalue weighted by Crippen LogP contribution is 2.22. The van der Waals surface area contributed by atoms with Crippen molar-refractivity contribution in [1.82, 2.24) is 0 Å². The van der Waals surface area contributed by atoms with Gasteiger partial charge in [0.25, 0.3) is 10.6 Å². The van der Waals surface area contributed by atoms with Gasteiger partial charge in [0, 0.05) is 21.8 Å². The summed E-state index contributed by atoms with van der Waals surface area (Å²) < 4.78 is 0.714. The van der Waals surface area contributed by atoms with Gasteiger partial charge < -0.3 is 0 Å². The smallest absolute Gasteiger partial charge is 0.230 e. The molecule has 15 heavy (non-hydrogen) atoms. The first-order chi connectivity index (χ1) is 7.08. The summed E-state index contributed by atoms with van der Waals surface area (Å²) in [6.07, 6.45) is 0.756. The van der Waals surface area contributed by atoms with Crippen LogP contribution in [-0.4, -0.2) is 23.8 Å². The first kappa shape index (κ1) is 11.3. The molecule has 0 unspecified atom stereocenters. The molecule has 5 heteroatoms. The molecule has 0 fully saturated rings. The summed E-state index contributed by atoms with van der Waals surface area (Å²) in [5, 5.41) is 0. The molecule has 0 atom stereocenters. The number of hydrogen-bond acceptors (Lipinski definition) is 3. The third-order valence-electron chi connectivity index (χ3n) is 2.11. The highest BCUT2D eigenvalue weighted by atomic mass is 16.8. The van der Waals surface area contributed by atoms with Crippen molar-refractivity contribution in [3.05, 3.63) is 33.6 Å². The maximum atomic E-state index is 11.2. The van der Waals surface area contributed by atoms with E-state index < -0.39 is 0 Å². The molecule has 0 spiro atoms. The molecule has 0 aromatic heterocycles. The van der Waals surface area contributed by atoms with Crippen LogP contribution in [0.4, 0.5) is 11.4 Å². The zero-order valence-electron chi connectivity index (χ0n) is 9.06. The lowest BCUT2D eigenvalue weighted by molar-refractivity contribution is -0.736. The Bertz CT molecular complexity index is 402. The summed E-state index contributed by atoms with van der Waals surface area (Å²) in [6.45, 7) is 1.95. The van der Waals surface area contributed by atoms with Gasteiger partial charge >= 0.3 is 5.69 Å². The number of rotatable bonds is 4. The fourth-order valence-electron chi connectivity index (χ4n) is 1.25. The van der Waals surface area contributed by atoms with E-state index in [0.29, 0.717) is 21.1 Å². The van der Waals surface area contributed by atoms with Gasteiger partial charge in [0.2, 0.25) is 0 Å². The molecular weight excluding hydrogens is 196 g/mol. The maximum Gasteiger partial charge on any atom is 0.323 e. The second-order valence-corrected chi connectivity index (χ2v) is 3.15. The molecular formula is C10H14N2O3+2. The Labute approximate surface area is 87.8 Å². The minimum absolute atomic E-state index is 0.328. The number of aryl methyl sites for hydroxylation is 1. The van der Waals surface area contributed by atoms with Crippen LogP contribution in [0.5, 0.6) is 0 Å². The molecule has 0 saturated carbocycles. The molecule has 0 heterocycles. The van der Waals surface area contributed by atoms with Crippen molar-refractivity contribution in [1.29, 1.82) is 0 Å². The number of nitroso groups, excluding NO2 is 1. The Kier molecular flexibility index (Phi) is 3.49. The van der Waals surface area contributed by atoms with Crippen molar-refractivity contribution in [2.75, 3.05) is 14.2 Å². The van der Waals surface area contributed by atoms with Crippen LogP contribution in [0.15, 0.2) is 18.2 Å². The molecule has 0 radical (unpaired) electrons. The van der Waals surface area contributed by atoms with Gasteiger partial charge in [-0.05, 0) is 12.0 Å². The van der Waals surface area contributed by atoms with E-state index in [9.17, 15) is 9.81 Å². The summed E-state index contributed by atoms with van der Waals surface area (Å²) >= 11 is 0. The van der Waals surface area contributed by atoms with Crippen LogP contribution in [0.1, 0.15) is 12.5 Å². The molecule has 0 aliphatic heterocycles. The van der Waals surface area contributed by atoms with Crippen LogP contribution in [0.3, 0.4) is 0 Å². The van der Waals surface area contributed by atoms with Crippen molar-refractivity contribution in [2.24, 2.45) is 0 Å². The lowest BCUT2D eigenvalue weighted by Gasteiger charge is -1.95. The second kappa shape index (κ2) is 4.63. The van der Waals surface area contributed by atoms with Gasteiger partial charge in [-0.3, -0.25) is 0 Å². The fraction of sp³-hybridized carbons (Fsp3) is 0.400. The van der Waals surface area contributed by atoms with Gasteiger partial charge in [-0.2, -0.15) is 0 Å². The number of nitrogens with zero attached hydrogens (tertiary/aromatic N) is 2. The highest BCUT2D eigenvalue weighted by molar-refractivity contribution is 5.46. The molecule has 0 N–H and O–H groups in total. The fourth-order valence-corrected chi connectivity index (χ4v) is 1.25. The van der Waals surface area contributed by atoms with Crippen LogP contribution in [0.2, 0.25) is 0 Å². The van der Waals surface area contributed by atoms with E-state index in [1.54, 1.807) is 12.1 Å². The molecule has 1 aromatic rings. The van der Waals surface area contributed by atoms with E-state index >= 15 is 0 Å². The Balaban J connectivity index is 3.23. The van der Waals surface area contributed by atoms with E-state index in [4.69, 9.17) is 0 Å². The zero-order chi connectivity index (χ0) is 11.4.